The molecule has 4 rings (SSSR count). The zero-order valence-electron chi connectivity index (χ0n) is 15.0. The normalized spacial score (nSPS) is 14.6. The molecular formula is C20H20N4O2S. The highest BCUT2D eigenvalue weighted by Gasteiger charge is 2.17. The van der Waals surface area contributed by atoms with Crippen LogP contribution in [-0.2, 0) is 0 Å². The monoisotopic (exact) mass is 380 g/mol. The Bertz CT molecular complexity index is 984. The number of methoxy groups -OCH3 is 1. The first-order valence-electron chi connectivity index (χ1n) is 8.85. The van der Waals surface area contributed by atoms with Gasteiger partial charge in [-0.05, 0) is 36.6 Å². The van der Waals surface area contributed by atoms with Crippen molar-refractivity contribution in [3.8, 4) is 22.7 Å². The summed E-state index contributed by atoms with van der Waals surface area (Å²) in [5.74, 6) is 0.595. The van der Waals surface area contributed by atoms with E-state index in [1.165, 1.54) is 11.3 Å². The van der Waals surface area contributed by atoms with Crippen molar-refractivity contribution >= 4 is 17.4 Å². The van der Waals surface area contributed by atoms with Crippen LogP contribution in [0.25, 0.3) is 16.8 Å². The molecule has 27 heavy (non-hydrogen) atoms. The van der Waals surface area contributed by atoms with Crippen LogP contribution in [0.3, 0.4) is 0 Å². The van der Waals surface area contributed by atoms with E-state index in [9.17, 15) is 4.79 Å². The molecule has 0 atom stereocenters. The highest BCUT2D eigenvalue weighted by atomic mass is 32.1. The van der Waals surface area contributed by atoms with Gasteiger partial charge in [0.25, 0.3) is 0 Å². The van der Waals surface area contributed by atoms with E-state index in [1.54, 1.807) is 13.3 Å². The highest BCUT2D eigenvalue weighted by Crippen LogP contribution is 2.21. The van der Waals surface area contributed by atoms with Gasteiger partial charge < -0.3 is 9.64 Å². The SMILES string of the molecule is COc1ccc(-c2ccc(-n3ccs/c3=N\C(=O)N3CCCC3)cc2)cn1. The predicted molar refractivity (Wildman–Crippen MR) is 105 cm³/mol. The molecule has 0 spiro atoms. The van der Waals surface area contributed by atoms with Crippen LogP contribution in [0.5, 0.6) is 5.88 Å². The molecule has 1 aliphatic heterocycles. The Morgan fingerprint density at radius 2 is 1.85 bits per heavy atom. The molecule has 6 nitrogen and oxygen atoms in total. The number of aromatic nitrogens is 2. The second kappa shape index (κ2) is 7.75. The van der Waals surface area contributed by atoms with E-state index in [1.807, 2.05) is 57.4 Å². The summed E-state index contributed by atoms with van der Waals surface area (Å²) >= 11 is 1.46. The fourth-order valence-electron chi connectivity index (χ4n) is 3.10. The van der Waals surface area contributed by atoms with Gasteiger partial charge in [0.05, 0.1) is 7.11 Å². The van der Waals surface area contributed by atoms with Crippen molar-refractivity contribution in [1.82, 2.24) is 14.5 Å². The number of ether oxygens (including phenoxy) is 1. The molecule has 3 aromatic rings. The zero-order valence-corrected chi connectivity index (χ0v) is 15.9. The number of urea groups is 1. The number of benzene rings is 1. The van der Waals surface area contributed by atoms with Crippen LogP contribution in [0.1, 0.15) is 12.8 Å². The van der Waals surface area contributed by atoms with Crippen molar-refractivity contribution in [2.45, 2.75) is 12.8 Å². The Morgan fingerprint density at radius 1 is 1.11 bits per heavy atom. The first-order chi connectivity index (χ1) is 13.2. The zero-order chi connectivity index (χ0) is 18.6. The van der Waals surface area contributed by atoms with Gasteiger partial charge in [0.15, 0.2) is 4.80 Å². The second-order valence-corrected chi connectivity index (χ2v) is 7.15. The first-order valence-corrected chi connectivity index (χ1v) is 9.73. The Kier molecular flexibility index (Phi) is 5.02. The predicted octanol–water partition coefficient (Wildman–Crippen LogP) is 3.73. The molecular weight excluding hydrogens is 360 g/mol. The molecule has 7 heteroatoms. The van der Waals surface area contributed by atoms with Gasteiger partial charge in [-0.2, -0.15) is 4.99 Å². The van der Waals surface area contributed by atoms with E-state index >= 15 is 0 Å². The lowest BCUT2D eigenvalue weighted by molar-refractivity contribution is 0.218. The van der Waals surface area contributed by atoms with Crippen LogP contribution >= 0.6 is 11.3 Å². The summed E-state index contributed by atoms with van der Waals surface area (Å²) in [6.45, 7) is 1.61. The van der Waals surface area contributed by atoms with Gasteiger partial charge in [0, 0.05) is 48.2 Å². The largest absolute Gasteiger partial charge is 0.481 e. The minimum absolute atomic E-state index is 0.148. The van der Waals surface area contributed by atoms with Crippen LogP contribution in [0, 0.1) is 0 Å². The van der Waals surface area contributed by atoms with Gasteiger partial charge in [-0.15, -0.1) is 11.3 Å². The van der Waals surface area contributed by atoms with E-state index in [0.717, 1.165) is 42.7 Å². The minimum Gasteiger partial charge on any atom is -0.481 e. The van der Waals surface area contributed by atoms with E-state index < -0.39 is 0 Å². The fraction of sp³-hybridized carbons (Fsp3) is 0.250. The molecule has 0 aliphatic carbocycles. The number of thiazole rings is 1. The fourth-order valence-corrected chi connectivity index (χ4v) is 3.81. The van der Waals surface area contributed by atoms with E-state index in [-0.39, 0.29) is 6.03 Å². The number of hydrogen-bond acceptors (Lipinski definition) is 4. The summed E-state index contributed by atoms with van der Waals surface area (Å²) < 4.78 is 7.04. The maximum absolute atomic E-state index is 12.3. The van der Waals surface area contributed by atoms with Gasteiger partial charge in [-0.25, -0.2) is 9.78 Å². The van der Waals surface area contributed by atoms with Crippen molar-refractivity contribution in [2.75, 3.05) is 20.2 Å². The summed E-state index contributed by atoms with van der Waals surface area (Å²) in [6.07, 6.45) is 5.85. The number of pyridine rings is 1. The quantitative estimate of drug-likeness (QED) is 0.696. The van der Waals surface area contributed by atoms with Gasteiger partial charge in [-0.3, -0.25) is 4.57 Å². The van der Waals surface area contributed by atoms with Gasteiger partial charge in [0.2, 0.25) is 5.88 Å². The third kappa shape index (κ3) is 3.78. The first kappa shape index (κ1) is 17.5. The summed E-state index contributed by atoms with van der Waals surface area (Å²) in [5.41, 5.74) is 3.05. The smallest absolute Gasteiger partial charge is 0.346 e. The Morgan fingerprint density at radius 3 is 2.52 bits per heavy atom. The Balaban J connectivity index is 1.59. The molecule has 2 aromatic heterocycles. The van der Waals surface area contributed by atoms with E-state index in [2.05, 4.69) is 9.98 Å². The molecule has 1 saturated heterocycles. The molecule has 1 fully saturated rings. The van der Waals surface area contributed by atoms with Crippen molar-refractivity contribution in [3.05, 3.63) is 59.0 Å². The van der Waals surface area contributed by atoms with E-state index in [4.69, 9.17) is 4.74 Å². The molecule has 1 aliphatic rings. The number of amides is 2. The molecule has 0 N–H and O–H groups in total. The third-order valence-electron chi connectivity index (χ3n) is 4.58. The molecule has 2 amide bonds. The minimum atomic E-state index is -0.148. The average Bonchev–Trinajstić information content (AvgIpc) is 3.40. The summed E-state index contributed by atoms with van der Waals surface area (Å²) in [7, 11) is 1.60. The number of carbonyl (C=O) groups excluding carboxylic acids is 1. The lowest BCUT2D eigenvalue weighted by Crippen LogP contribution is -2.27. The van der Waals surface area contributed by atoms with Crippen LogP contribution in [-0.4, -0.2) is 40.7 Å². The van der Waals surface area contributed by atoms with Crippen molar-refractivity contribution in [1.29, 1.82) is 0 Å². The lowest BCUT2D eigenvalue weighted by Gasteiger charge is -2.11. The molecule has 138 valence electrons. The average molecular weight is 380 g/mol. The number of nitrogens with zero attached hydrogens (tertiary/aromatic N) is 4. The van der Waals surface area contributed by atoms with Gasteiger partial charge >= 0.3 is 6.03 Å². The van der Waals surface area contributed by atoms with Gasteiger partial charge in [0.1, 0.15) is 0 Å². The van der Waals surface area contributed by atoms with Crippen LogP contribution in [0.15, 0.2) is 59.2 Å². The molecule has 0 bridgehead atoms. The maximum atomic E-state index is 12.3. The second-order valence-electron chi connectivity index (χ2n) is 6.28. The molecule has 0 radical (unpaired) electrons. The van der Waals surface area contributed by atoms with Crippen molar-refractivity contribution in [2.24, 2.45) is 4.99 Å². The maximum Gasteiger partial charge on any atom is 0.346 e. The van der Waals surface area contributed by atoms with Crippen LogP contribution < -0.4 is 9.54 Å². The van der Waals surface area contributed by atoms with Crippen molar-refractivity contribution < 1.29 is 9.53 Å². The summed E-state index contributed by atoms with van der Waals surface area (Å²) in [5, 5.41) is 1.94. The standard InChI is InChI=1S/C20H20N4O2S/c1-26-18-9-6-16(14-21-18)15-4-7-17(8-5-15)24-12-13-27-20(24)22-19(25)23-10-2-3-11-23/h4-9,12-14H,2-3,10-11H2,1H3/b22-20-. The highest BCUT2D eigenvalue weighted by molar-refractivity contribution is 7.07. The van der Waals surface area contributed by atoms with Crippen LogP contribution in [0.2, 0.25) is 0 Å². The molecule has 3 heterocycles. The molecule has 0 unspecified atom stereocenters. The summed E-state index contributed by atoms with van der Waals surface area (Å²) in [4.78, 5) is 23.4. The van der Waals surface area contributed by atoms with E-state index in [0.29, 0.717) is 10.7 Å². The molecule has 0 saturated carbocycles. The Labute approximate surface area is 161 Å². The third-order valence-corrected chi connectivity index (χ3v) is 5.34. The number of carbonyl (C=O) groups is 1. The summed E-state index contributed by atoms with van der Waals surface area (Å²) in [6, 6.07) is 11.8. The number of likely N-dealkylation sites (tertiary alicyclic amines) is 1. The van der Waals surface area contributed by atoms with Gasteiger partial charge in [-0.1, -0.05) is 12.1 Å². The number of rotatable bonds is 3. The Hall–Kier alpha value is -2.93. The lowest BCUT2D eigenvalue weighted by atomic mass is 10.1. The van der Waals surface area contributed by atoms with Crippen molar-refractivity contribution in [3.63, 3.8) is 0 Å². The number of hydrogen-bond donors (Lipinski definition) is 0. The topological polar surface area (TPSA) is 59.7 Å². The molecule has 1 aromatic carbocycles. The van der Waals surface area contributed by atoms with Crippen LogP contribution in [0.4, 0.5) is 4.79 Å².